The molecular formula is C12H18N2O3. The van der Waals surface area contributed by atoms with Gasteiger partial charge in [0.2, 0.25) is 0 Å². The van der Waals surface area contributed by atoms with Gasteiger partial charge >= 0.3 is 0 Å². The summed E-state index contributed by atoms with van der Waals surface area (Å²) in [6.07, 6.45) is 1.04. The number of anilines is 1. The Morgan fingerprint density at radius 2 is 2.24 bits per heavy atom. The van der Waals surface area contributed by atoms with Gasteiger partial charge in [0, 0.05) is 24.4 Å². The van der Waals surface area contributed by atoms with E-state index in [2.05, 4.69) is 5.32 Å². The van der Waals surface area contributed by atoms with Crippen LogP contribution in [0.3, 0.4) is 0 Å². The summed E-state index contributed by atoms with van der Waals surface area (Å²) in [5.41, 5.74) is 1.79. The van der Waals surface area contributed by atoms with Crippen LogP contribution in [0.2, 0.25) is 0 Å². The molecule has 94 valence electrons. The van der Waals surface area contributed by atoms with Crippen LogP contribution in [0.15, 0.2) is 18.2 Å². The summed E-state index contributed by atoms with van der Waals surface area (Å²) >= 11 is 0. The number of hydrogen-bond donors (Lipinski definition) is 2. The number of nitro groups is 1. The maximum Gasteiger partial charge on any atom is 0.271 e. The standard InChI is InChI=1S/C12H18N2O3/c1-3-11(15)6-7-13-12-8-10(14(16)17)5-4-9(12)2/h4-5,8,11,13,15H,3,6-7H2,1-2H3. The Hall–Kier alpha value is -1.62. The summed E-state index contributed by atoms with van der Waals surface area (Å²) in [5, 5.41) is 23.1. The number of aliphatic hydroxyl groups excluding tert-OH is 1. The lowest BCUT2D eigenvalue weighted by Crippen LogP contribution is -2.12. The lowest BCUT2D eigenvalue weighted by atomic mass is 10.1. The van der Waals surface area contributed by atoms with E-state index < -0.39 is 4.92 Å². The van der Waals surface area contributed by atoms with Crippen LogP contribution in [0.1, 0.15) is 25.3 Å². The van der Waals surface area contributed by atoms with Crippen molar-refractivity contribution in [3.8, 4) is 0 Å². The van der Waals surface area contributed by atoms with E-state index >= 15 is 0 Å². The first kappa shape index (κ1) is 13.4. The van der Waals surface area contributed by atoms with Gasteiger partial charge in [0.05, 0.1) is 11.0 Å². The van der Waals surface area contributed by atoms with E-state index in [0.29, 0.717) is 13.0 Å². The van der Waals surface area contributed by atoms with Gasteiger partial charge < -0.3 is 10.4 Å². The highest BCUT2D eigenvalue weighted by molar-refractivity contribution is 5.56. The average Bonchev–Trinajstić information content (AvgIpc) is 2.30. The maximum absolute atomic E-state index is 10.6. The Morgan fingerprint density at radius 3 is 2.82 bits per heavy atom. The highest BCUT2D eigenvalue weighted by Gasteiger charge is 2.08. The van der Waals surface area contributed by atoms with Crippen LogP contribution in [0, 0.1) is 17.0 Å². The second-order valence-electron chi connectivity index (χ2n) is 4.03. The fourth-order valence-electron chi connectivity index (χ4n) is 1.49. The molecule has 0 aliphatic carbocycles. The Morgan fingerprint density at radius 1 is 1.53 bits per heavy atom. The molecule has 0 radical (unpaired) electrons. The van der Waals surface area contributed by atoms with Crippen molar-refractivity contribution in [1.29, 1.82) is 0 Å². The zero-order valence-corrected chi connectivity index (χ0v) is 10.1. The van der Waals surface area contributed by atoms with Crippen molar-refractivity contribution in [2.45, 2.75) is 32.8 Å². The van der Waals surface area contributed by atoms with Gasteiger partial charge in [-0.15, -0.1) is 0 Å². The molecule has 0 bridgehead atoms. The third-order valence-electron chi connectivity index (χ3n) is 2.70. The van der Waals surface area contributed by atoms with Gasteiger partial charge in [-0.3, -0.25) is 10.1 Å². The summed E-state index contributed by atoms with van der Waals surface area (Å²) in [4.78, 5) is 10.2. The molecule has 0 saturated carbocycles. The highest BCUT2D eigenvalue weighted by atomic mass is 16.6. The predicted molar refractivity (Wildman–Crippen MR) is 67.2 cm³/mol. The Balaban J connectivity index is 2.63. The van der Waals surface area contributed by atoms with Crippen molar-refractivity contribution in [3.05, 3.63) is 33.9 Å². The van der Waals surface area contributed by atoms with E-state index in [1.165, 1.54) is 12.1 Å². The van der Waals surface area contributed by atoms with Gasteiger partial charge in [-0.1, -0.05) is 13.0 Å². The monoisotopic (exact) mass is 238 g/mol. The zero-order chi connectivity index (χ0) is 12.8. The minimum Gasteiger partial charge on any atom is -0.393 e. The van der Waals surface area contributed by atoms with Crippen molar-refractivity contribution in [2.24, 2.45) is 0 Å². The van der Waals surface area contributed by atoms with Crippen molar-refractivity contribution >= 4 is 11.4 Å². The lowest BCUT2D eigenvalue weighted by Gasteiger charge is -2.11. The summed E-state index contributed by atoms with van der Waals surface area (Å²) < 4.78 is 0. The largest absolute Gasteiger partial charge is 0.393 e. The second kappa shape index (κ2) is 6.20. The van der Waals surface area contributed by atoms with Crippen molar-refractivity contribution in [2.75, 3.05) is 11.9 Å². The number of nitro benzene ring substituents is 1. The molecule has 0 aliphatic heterocycles. The number of nitrogens with zero attached hydrogens (tertiary/aromatic N) is 1. The van der Waals surface area contributed by atoms with E-state index in [4.69, 9.17) is 0 Å². The Kier molecular flexibility index (Phi) is 4.90. The minimum absolute atomic E-state index is 0.0779. The first-order valence-corrected chi connectivity index (χ1v) is 5.71. The lowest BCUT2D eigenvalue weighted by molar-refractivity contribution is -0.384. The highest BCUT2D eigenvalue weighted by Crippen LogP contribution is 2.21. The molecule has 5 nitrogen and oxygen atoms in total. The van der Waals surface area contributed by atoms with E-state index in [1.807, 2.05) is 13.8 Å². The number of hydrogen-bond acceptors (Lipinski definition) is 4. The van der Waals surface area contributed by atoms with E-state index in [9.17, 15) is 15.2 Å². The average molecular weight is 238 g/mol. The predicted octanol–water partition coefficient (Wildman–Crippen LogP) is 2.48. The number of aryl methyl sites for hydroxylation is 1. The van der Waals surface area contributed by atoms with Crippen LogP contribution in [0.25, 0.3) is 0 Å². The number of aliphatic hydroxyl groups is 1. The fraction of sp³-hybridized carbons (Fsp3) is 0.500. The smallest absolute Gasteiger partial charge is 0.271 e. The van der Waals surface area contributed by atoms with Crippen LogP contribution < -0.4 is 5.32 Å². The van der Waals surface area contributed by atoms with E-state index in [1.54, 1.807) is 6.07 Å². The molecule has 0 saturated heterocycles. The minimum atomic E-state index is -0.411. The molecule has 0 heterocycles. The molecule has 1 atom stereocenters. The summed E-state index contributed by atoms with van der Waals surface area (Å²) in [5.74, 6) is 0. The fourth-order valence-corrected chi connectivity index (χ4v) is 1.49. The van der Waals surface area contributed by atoms with Gasteiger partial charge in [-0.2, -0.15) is 0 Å². The third-order valence-corrected chi connectivity index (χ3v) is 2.70. The van der Waals surface area contributed by atoms with Crippen molar-refractivity contribution < 1.29 is 10.0 Å². The molecule has 1 aromatic carbocycles. The SMILES string of the molecule is CCC(O)CCNc1cc([N+](=O)[O-])ccc1C. The summed E-state index contributed by atoms with van der Waals surface area (Å²) in [6.45, 7) is 4.42. The van der Waals surface area contributed by atoms with Crippen LogP contribution >= 0.6 is 0 Å². The van der Waals surface area contributed by atoms with Gasteiger partial charge in [0.15, 0.2) is 0 Å². The normalized spacial score (nSPS) is 12.2. The molecule has 0 fully saturated rings. The zero-order valence-electron chi connectivity index (χ0n) is 10.1. The van der Waals surface area contributed by atoms with E-state index in [0.717, 1.165) is 17.7 Å². The van der Waals surface area contributed by atoms with E-state index in [-0.39, 0.29) is 11.8 Å². The maximum atomic E-state index is 10.6. The van der Waals surface area contributed by atoms with Crippen LogP contribution in [-0.2, 0) is 0 Å². The third kappa shape index (κ3) is 4.03. The first-order chi connectivity index (χ1) is 8.04. The van der Waals surface area contributed by atoms with Crippen molar-refractivity contribution in [1.82, 2.24) is 0 Å². The van der Waals surface area contributed by atoms with Crippen LogP contribution in [-0.4, -0.2) is 22.7 Å². The molecule has 1 rings (SSSR count). The molecule has 5 heteroatoms. The number of non-ortho nitro benzene ring substituents is 1. The molecular weight excluding hydrogens is 220 g/mol. The van der Waals surface area contributed by atoms with Gasteiger partial charge in [0.25, 0.3) is 5.69 Å². The van der Waals surface area contributed by atoms with Crippen LogP contribution in [0.4, 0.5) is 11.4 Å². The summed E-state index contributed by atoms with van der Waals surface area (Å²) in [7, 11) is 0. The van der Waals surface area contributed by atoms with Gasteiger partial charge in [0.1, 0.15) is 0 Å². The molecule has 0 aliphatic rings. The number of benzene rings is 1. The quantitative estimate of drug-likeness (QED) is 0.589. The Labute approximate surface area is 101 Å². The first-order valence-electron chi connectivity index (χ1n) is 5.71. The Bertz CT molecular complexity index is 393. The molecule has 1 aromatic rings. The molecule has 0 aromatic heterocycles. The van der Waals surface area contributed by atoms with Gasteiger partial charge in [-0.25, -0.2) is 0 Å². The van der Waals surface area contributed by atoms with Gasteiger partial charge in [-0.05, 0) is 25.3 Å². The van der Waals surface area contributed by atoms with Crippen molar-refractivity contribution in [3.63, 3.8) is 0 Å². The molecule has 2 N–H and O–H groups in total. The summed E-state index contributed by atoms with van der Waals surface area (Å²) in [6, 6.07) is 4.73. The molecule has 1 unspecified atom stereocenters. The molecule has 0 amide bonds. The molecule has 17 heavy (non-hydrogen) atoms. The topological polar surface area (TPSA) is 75.4 Å². The number of nitrogens with one attached hydrogen (secondary N) is 1. The number of rotatable bonds is 6. The second-order valence-corrected chi connectivity index (χ2v) is 4.03. The van der Waals surface area contributed by atoms with Crippen LogP contribution in [0.5, 0.6) is 0 Å². The molecule has 0 spiro atoms.